The first-order valence-electron chi connectivity index (χ1n) is 7.46. The minimum atomic E-state index is -0.479. The first-order valence-corrected chi connectivity index (χ1v) is 7.46. The van der Waals surface area contributed by atoms with E-state index < -0.39 is 4.92 Å². The lowest BCUT2D eigenvalue weighted by molar-refractivity contribution is -0.384. The molecule has 3 aromatic rings. The van der Waals surface area contributed by atoms with E-state index in [2.05, 4.69) is 20.8 Å². The van der Waals surface area contributed by atoms with E-state index in [1.807, 2.05) is 30.3 Å². The average Bonchev–Trinajstić information content (AvgIpc) is 3.10. The maximum atomic E-state index is 12.1. The molecule has 126 valence electrons. The number of carbonyl (C=O) groups is 1. The molecule has 9 nitrogen and oxygen atoms in total. The molecule has 0 fully saturated rings. The van der Waals surface area contributed by atoms with Gasteiger partial charge in [-0.05, 0) is 28.1 Å². The largest absolute Gasteiger partial charge is 0.348 e. The SMILES string of the molecule is O=C(Cc1ccc([N+](=O)[O-])cc1)NCc1nnnn1-c1ccccc1. The first-order chi connectivity index (χ1) is 12.1. The van der Waals surface area contributed by atoms with Gasteiger partial charge in [0, 0.05) is 12.1 Å². The fourth-order valence-corrected chi connectivity index (χ4v) is 2.25. The minimum Gasteiger partial charge on any atom is -0.348 e. The third kappa shape index (κ3) is 4.02. The third-order valence-electron chi connectivity index (χ3n) is 3.49. The summed E-state index contributed by atoms with van der Waals surface area (Å²) in [5, 5.41) is 24.8. The Morgan fingerprint density at radius 2 is 1.84 bits per heavy atom. The molecule has 1 N–H and O–H groups in total. The molecule has 0 radical (unpaired) electrons. The third-order valence-corrected chi connectivity index (χ3v) is 3.49. The quantitative estimate of drug-likeness (QED) is 0.537. The molecule has 0 atom stereocenters. The summed E-state index contributed by atoms with van der Waals surface area (Å²) in [6.07, 6.45) is 0.116. The van der Waals surface area contributed by atoms with Gasteiger partial charge in [-0.1, -0.05) is 30.3 Å². The van der Waals surface area contributed by atoms with Crippen molar-refractivity contribution in [2.24, 2.45) is 0 Å². The van der Waals surface area contributed by atoms with Crippen LogP contribution in [0.4, 0.5) is 5.69 Å². The highest BCUT2D eigenvalue weighted by Gasteiger charge is 2.11. The molecule has 0 saturated carbocycles. The second-order valence-electron chi connectivity index (χ2n) is 5.22. The topological polar surface area (TPSA) is 116 Å². The van der Waals surface area contributed by atoms with Gasteiger partial charge in [-0.15, -0.1) is 5.10 Å². The summed E-state index contributed by atoms with van der Waals surface area (Å²) in [5.41, 5.74) is 1.48. The molecule has 0 aliphatic heterocycles. The number of nitrogens with zero attached hydrogens (tertiary/aromatic N) is 5. The van der Waals surface area contributed by atoms with Crippen molar-refractivity contribution in [3.05, 3.63) is 76.1 Å². The predicted octanol–water partition coefficient (Wildman–Crippen LogP) is 1.43. The van der Waals surface area contributed by atoms with Crippen molar-refractivity contribution in [2.75, 3.05) is 0 Å². The van der Waals surface area contributed by atoms with Gasteiger partial charge in [-0.2, -0.15) is 4.68 Å². The summed E-state index contributed by atoms with van der Waals surface area (Å²) in [6.45, 7) is 0.174. The van der Waals surface area contributed by atoms with Gasteiger partial charge >= 0.3 is 0 Å². The fourth-order valence-electron chi connectivity index (χ4n) is 2.25. The van der Waals surface area contributed by atoms with E-state index >= 15 is 0 Å². The second-order valence-corrected chi connectivity index (χ2v) is 5.22. The van der Waals surface area contributed by atoms with Crippen molar-refractivity contribution in [3.63, 3.8) is 0 Å². The van der Waals surface area contributed by atoms with Crippen molar-refractivity contribution < 1.29 is 9.72 Å². The van der Waals surface area contributed by atoms with Crippen LogP contribution in [0.25, 0.3) is 5.69 Å². The summed E-state index contributed by atoms with van der Waals surface area (Å²) in [5.74, 6) is 0.278. The van der Waals surface area contributed by atoms with Gasteiger partial charge in [0.25, 0.3) is 5.69 Å². The van der Waals surface area contributed by atoms with Gasteiger partial charge in [-0.25, -0.2) is 0 Å². The Bertz CT molecular complexity index is 876. The molecule has 1 heterocycles. The molecular formula is C16H14N6O3. The number of nitro groups is 1. The lowest BCUT2D eigenvalue weighted by Crippen LogP contribution is -2.26. The summed E-state index contributed by atoms with van der Waals surface area (Å²) in [6, 6.07) is 15.2. The van der Waals surface area contributed by atoms with Gasteiger partial charge in [0.05, 0.1) is 23.6 Å². The highest BCUT2D eigenvalue weighted by Crippen LogP contribution is 2.12. The predicted molar refractivity (Wildman–Crippen MR) is 87.8 cm³/mol. The molecule has 2 aromatic carbocycles. The molecule has 0 spiro atoms. The number of aromatic nitrogens is 4. The fraction of sp³-hybridized carbons (Fsp3) is 0.125. The molecule has 0 aliphatic rings. The number of hydrogen-bond acceptors (Lipinski definition) is 6. The van der Waals surface area contributed by atoms with Crippen molar-refractivity contribution in [1.82, 2.24) is 25.5 Å². The standard InChI is InChI=1S/C16H14N6O3/c23-16(10-12-6-8-14(9-7-12)22(24)25)17-11-15-18-19-20-21(15)13-4-2-1-3-5-13/h1-9H,10-11H2,(H,17,23). The van der Waals surface area contributed by atoms with E-state index in [-0.39, 0.29) is 24.6 Å². The number of tetrazole rings is 1. The van der Waals surface area contributed by atoms with Crippen LogP contribution in [0.15, 0.2) is 54.6 Å². The smallest absolute Gasteiger partial charge is 0.269 e. The normalized spacial score (nSPS) is 10.4. The van der Waals surface area contributed by atoms with Crippen molar-refractivity contribution in [3.8, 4) is 5.69 Å². The molecule has 0 aliphatic carbocycles. The number of nitrogens with one attached hydrogen (secondary N) is 1. The van der Waals surface area contributed by atoms with Crippen LogP contribution in [0.5, 0.6) is 0 Å². The lowest BCUT2D eigenvalue weighted by Gasteiger charge is -2.06. The number of rotatable bonds is 6. The second kappa shape index (κ2) is 7.30. The molecule has 1 amide bonds. The van der Waals surface area contributed by atoms with Crippen LogP contribution < -0.4 is 5.32 Å². The highest BCUT2D eigenvalue weighted by atomic mass is 16.6. The number of non-ortho nitro benzene ring substituents is 1. The number of benzene rings is 2. The Balaban J connectivity index is 1.60. The molecule has 0 bridgehead atoms. The molecule has 1 aromatic heterocycles. The van der Waals surface area contributed by atoms with Crippen LogP contribution in [-0.2, 0) is 17.8 Å². The van der Waals surface area contributed by atoms with E-state index in [9.17, 15) is 14.9 Å². The van der Waals surface area contributed by atoms with E-state index in [1.165, 1.54) is 12.1 Å². The maximum Gasteiger partial charge on any atom is 0.269 e. The minimum absolute atomic E-state index is 0.00815. The Morgan fingerprint density at radius 3 is 2.52 bits per heavy atom. The summed E-state index contributed by atoms with van der Waals surface area (Å²) in [7, 11) is 0. The van der Waals surface area contributed by atoms with Gasteiger partial charge in [-0.3, -0.25) is 14.9 Å². The van der Waals surface area contributed by atoms with Crippen LogP contribution in [0, 0.1) is 10.1 Å². The number of hydrogen-bond donors (Lipinski definition) is 1. The molecule has 0 unspecified atom stereocenters. The van der Waals surface area contributed by atoms with E-state index in [0.29, 0.717) is 11.4 Å². The van der Waals surface area contributed by atoms with Gasteiger partial charge < -0.3 is 5.32 Å². The average molecular weight is 338 g/mol. The number of amides is 1. The van der Waals surface area contributed by atoms with Crippen LogP contribution >= 0.6 is 0 Å². The lowest BCUT2D eigenvalue weighted by atomic mass is 10.1. The zero-order chi connectivity index (χ0) is 17.6. The number of nitro benzene ring substituents is 1. The van der Waals surface area contributed by atoms with Gasteiger partial charge in [0.2, 0.25) is 5.91 Å². The van der Waals surface area contributed by atoms with Crippen LogP contribution in [0.3, 0.4) is 0 Å². The molecule has 0 saturated heterocycles. The van der Waals surface area contributed by atoms with Gasteiger partial charge in [0.15, 0.2) is 5.82 Å². The molecule has 9 heteroatoms. The van der Waals surface area contributed by atoms with Crippen molar-refractivity contribution in [1.29, 1.82) is 0 Å². The van der Waals surface area contributed by atoms with E-state index in [1.54, 1.807) is 16.8 Å². The zero-order valence-electron chi connectivity index (χ0n) is 13.1. The van der Waals surface area contributed by atoms with E-state index in [0.717, 1.165) is 5.69 Å². The monoisotopic (exact) mass is 338 g/mol. The summed E-state index contributed by atoms with van der Waals surface area (Å²) < 4.78 is 1.55. The molecule has 3 rings (SSSR count). The number of carbonyl (C=O) groups excluding carboxylic acids is 1. The van der Waals surface area contributed by atoms with Crippen LogP contribution in [-0.4, -0.2) is 31.0 Å². The van der Waals surface area contributed by atoms with E-state index in [4.69, 9.17) is 0 Å². The maximum absolute atomic E-state index is 12.1. The molecular weight excluding hydrogens is 324 g/mol. The Hall–Kier alpha value is -3.62. The Kier molecular flexibility index (Phi) is 4.74. The van der Waals surface area contributed by atoms with Crippen molar-refractivity contribution >= 4 is 11.6 Å². The first kappa shape index (κ1) is 16.2. The summed E-state index contributed by atoms with van der Waals surface area (Å²) >= 11 is 0. The van der Waals surface area contributed by atoms with Gasteiger partial charge in [0.1, 0.15) is 0 Å². The summed E-state index contributed by atoms with van der Waals surface area (Å²) in [4.78, 5) is 22.2. The highest BCUT2D eigenvalue weighted by molar-refractivity contribution is 5.78. The Labute approximate surface area is 142 Å². The molecule has 25 heavy (non-hydrogen) atoms. The van der Waals surface area contributed by atoms with Crippen LogP contribution in [0.2, 0.25) is 0 Å². The van der Waals surface area contributed by atoms with Crippen LogP contribution in [0.1, 0.15) is 11.4 Å². The Morgan fingerprint density at radius 1 is 1.12 bits per heavy atom. The van der Waals surface area contributed by atoms with Crippen molar-refractivity contribution in [2.45, 2.75) is 13.0 Å². The zero-order valence-corrected chi connectivity index (χ0v) is 13.1. The number of para-hydroxylation sites is 1.